The standard InChI is InChI=1S/C10H12F3N3O/c1-2-3-16(7-10(11,12)13)9-14-4-8(6-17)5-15-9/h4-6H,2-3,7H2,1H3. The van der Waals surface area contributed by atoms with Crippen LogP contribution in [0, 0.1) is 0 Å². The summed E-state index contributed by atoms with van der Waals surface area (Å²) in [6.45, 7) is 0.879. The Morgan fingerprint density at radius 3 is 2.35 bits per heavy atom. The topological polar surface area (TPSA) is 46.1 Å². The van der Waals surface area contributed by atoms with Gasteiger partial charge in [-0.15, -0.1) is 0 Å². The van der Waals surface area contributed by atoms with Gasteiger partial charge in [-0.3, -0.25) is 4.79 Å². The molecule has 1 aromatic rings. The molecule has 0 N–H and O–H groups in total. The SMILES string of the molecule is CCCN(CC(F)(F)F)c1ncc(C=O)cn1. The Hall–Kier alpha value is -1.66. The van der Waals surface area contributed by atoms with Gasteiger partial charge in [0.2, 0.25) is 5.95 Å². The molecular formula is C10H12F3N3O. The fourth-order valence-electron chi connectivity index (χ4n) is 1.29. The Bertz CT molecular complexity index is 364. The molecule has 94 valence electrons. The zero-order chi connectivity index (χ0) is 12.9. The van der Waals surface area contributed by atoms with Crippen molar-refractivity contribution in [1.29, 1.82) is 0 Å². The van der Waals surface area contributed by atoms with E-state index in [2.05, 4.69) is 9.97 Å². The lowest BCUT2D eigenvalue weighted by Gasteiger charge is -2.22. The first-order valence-corrected chi connectivity index (χ1v) is 5.05. The zero-order valence-corrected chi connectivity index (χ0v) is 9.24. The van der Waals surface area contributed by atoms with Crippen LogP contribution >= 0.6 is 0 Å². The highest BCUT2D eigenvalue weighted by atomic mass is 19.4. The molecule has 0 saturated heterocycles. The molecular weight excluding hydrogens is 235 g/mol. The van der Waals surface area contributed by atoms with E-state index < -0.39 is 12.7 Å². The zero-order valence-electron chi connectivity index (χ0n) is 9.24. The van der Waals surface area contributed by atoms with E-state index >= 15 is 0 Å². The van der Waals surface area contributed by atoms with Crippen molar-refractivity contribution in [2.24, 2.45) is 0 Å². The number of carbonyl (C=O) groups excluding carboxylic acids is 1. The summed E-state index contributed by atoms with van der Waals surface area (Å²) in [6, 6.07) is 0. The van der Waals surface area contributed by atoms with Crippen LogP contribution in [0.1, 0.15) is 23.7 Å². The minimum absolute atomic E-state index is 0.0187. The molecule has 0 atom stereocenters. The predicted molar refractivity (Wildman–Crippen MR) is 56.0 cm³/mol. The Kier molecular flexibility index (Phi) is 4.42. The minimum atomic E-state index is -4.30. The maximum absolute atomic E-state index is 12.3. The first kappa shape index (κ1) is 13.4. The molecule has 1 aromatic heterocycles. The minimum Gasteiger partial charge on any atom is -0.332 e. The van der Waals surface area contributed by atoms with Gasteiger partial charge in [-0.05, 0) is 6.42 Å². The predicted octanol–water partition coefficient (Wildman–Crippen LogP) is 2.07. The van der Waals surface area contributed by atoms with Crippen LogP contribution in [-0.4, -0.2) is 35.5 Å². The molecule has 0 spiro atoms. The Morgan fingerprint density at radius 1 is 1.35 bits per heavy atom. The number of anilines is 1. The molecule has 0 radical (unpaired) electrons. The summed E-state index contributed by atoms with van der Waals surface area (Å²) in [5.41, 5.74) is 0.234. The number of alkyl halides is 3. The first-order valence-electron chi connectivity index (χ1n) is 5.05. The van der Waals surface area contributed by atoms with E-state index in [0.717, 1.165) is 4.90 Å². The highest BCUT2D eigenvalue weighted by molar-refractivity contribution is 5.73. The molecule has 0 bridgehead atoms. The van der Waals surface area contributed by atoms with Gasteiger partial charge in [-0.1, -0.05) is 6.92 Å². The van der Waals surface area contributed by atoms with E-state index in [0.29, 0.717) is 12.7 Å². The molecule has 0 amide bonds. The number of carbonyl (C=O) groups is 1. The molecule has 0 fully saturated rings. The van der Waals surface area contributed by atoms with Crippen LogP contribution in [0.4, 0.5) is 19.1 Å². The van der Waals surface area contributed by atoms with E-state index in [-0.39, 0.29) is 18.1 Å². The average molecular weight is 247 g/mol. The molecule has 0 unspecified atom stereocenters. The molecule has 1 heterocycles. The lowest BCUT2D eigenvalue weighted by atomic mass is 10.4. The van der Waals surface area contributed by atoms with Gasteiger partial charge in [-0.25, -0.2) is 9.97 Å². The maximum Gasteiger partial charge on any atom is 0.406 e. The lowest BCUT2D eigenvalue weighted by molar-refractivity contribution is -0.119. The van der Waals surface area contributed by atoms with E-state index in [1.807, 2.05) is 0 Å². The summed E-state index contributed by atoms with van der Waals surface area (Å²) in [6.07, 6.45) is -0.808. The molecule has 17 heavy (non-hydrogen) atoms. The number of rotatable bonds is 5. The van der Waals surface area contributed by atoms with E-state index in [9.17, 15) is 18.0 Å². The van der Waals surface area contributed by atoms with E-state index in [1.54, 1.807) is 6.92 Å². The number of aldehydes is 1. The van der Waals surface area contributed by atoms with E-state index in [1.165, 1.54) is 12.4 Å². The molecule has 7 heteroatoms. The fourth-order valence-corrected chi connectivity index (χ4v) is 1.29. The third kappa shape index (κ3) is 4.38. The van der Waals surface area contributed by atoms with Gasteiger partial charge < -0.3 is 4.90 Å². The third-order valence-electron chi connectivity index (χ3n) is 1.94. The molecule has 0 aromatic carbocycles. The summed E-state index contributed by atoms with van der Waals surface area (Å²) < 4.78 is 36.9. The third-order valence-corrected chi connectivity index (χ3v) is 1.94. The Morgan fingerprint density at radius 2 is 1.94 bits per heavy atom. The van der Waals surface area contributed by atoms with Crippen LogP contribution in [-0.2, 0) is 0 Å². The molecule has 1 rings (SSSR count). The van der Waals surface area contributed by atoms with Crippen molar-refractivity contribution in [3.63, 3.8) is 0 Å². The van der Waals surface area contributed by atoms with Gasteiger partial charge in [0, 0.05) is 18.9 Å². The average Bonchev–Trinajstić information content (AvgIpc) is 2.27. The Labute approximate surface area is 96.5 Å². The number of hydrogen-bond acceptors (Lipinski definition) is 4. The summed E-state index contributed by atoms with van der Waals surface area (Å²) in [5, 5.41) is 0. The van der Waals surface area contributed by atoms with Gasteiger partial charge >= 0.3 is 6.18 Å². The first-order chi connectivity index (χ1) is 7.96. The largest absolute Gasteiger partial charge is 0.406 e. The summed E-state index contributed by atoms with van der Waals surface area (Å²) >= 11 is 0. The summed E-state index contributed by atoms with van der Waals surface area (Å²) in [7, 11) is 0. The quantitative estimate of drug-likeness (QED) is 0.747. The van der Waals surface area contributed by atoms with Gasteiger partial charge in [0.05, 0.1) is 5.56 Å². The number of aromatic nitrogens is 2. The maximum atomic E-state index is 12.3. The monoisotopic (exact) mass is 247 g/mol. The van der Waals surface area contributed by atoms with Crippen LogP contribution in [0.2, 0.25) is 0 Å². The molecule has 0 saturated carbocycles. The van der Waals surface area contributed by atoms with Gasteiger partial charge in [0.1, 0.15) is 6.54 Å². The second kappa shape index (κ2) is 5.60. The van der Waals surface area contributed by atoms with Crippen molar-refractivity contribution >= 4 is 12.2 Å². The molecule has 0 aliphatic carbocycles. The van der Waals surface area contributed by atoms with Crippen molar-refractivity contribution in [2.45, 2.75) is 19.5 Å². The van der Waals surface area contributed by atoms with Gasteiger partial charge in [0.15, 0.2) is 6.29 Å². The fraction of sp³-hybridized carbons (Fsp3) is 0.500. The van der Waals surface area contributed by atoms with Crippen molar-refractivity contribution in [3.8, 4) is 0 Å². The number of nitrogens with zero attached hydrogens (tertiary/aromatic N) is 3. The highest BCUT2D eigenvalue weighted by Crippen LogP contribution is 2.19. The lowest BCUT2D eigenvalue weighted by Crippen LogP contribution is -2.36. The second-order valence-corrected chi connectivity index (χ2v) is 3.47. The molecule has 4 nitrogen and oxygen atoms in total. The summed E-state index contributed by atoms with van der Waals surface area (Å²) in [4.78, 5) is 18.9. The Balaban J connectivity index is 2.85. The number of halogens is 3. The van der Waals surface area contributed by atoms with Crippen LogP contribution in [0.5, 0.6) is 0 Å². The smallest absolute Gasteiger partial charge is 0.332 e. The normalized spacial score (nSPS) is 11.3. The van der Waals surface area contributed by atoms with Crippen LogP contribution in [0.25, 0.3) is 0 Å². The van der Waals surface area contributed by atoms with Crippen LogP contribution in [0.3, 0.4) is 0 Å². The van der Waals surface area contributed by atoms with Crippen molar-refractivity contribution in [1.82, 2.24) is 9.97 Å². The summed E-state index contributed by atoms with van der Waals surface area (Å²) in [5.74, 6) is -0.0187. The van der Waals surface area contributed by atoms with Crippen LogP contribution < -0.4 is 4.90 Å². The number of hydrogen-bond donors (Lipinski definition) is 0. The van der Waals surface area contributed by atoms with Crippen LogP contribution in [0.15, 0.2) is 12.4 Å². The van der Waals surface area contributed by atoms with Crippen molar-refractivity contribution in [3.05, 3.63) is 18.0 Å². The van der Waals surface area contributed by atoms with Gasteiger partial charge in [-0.2, -0.15) is 13.2 Å². The second-order valence-electron chi connectivity index (χ2n) is 3.47. The van der Waals surface area contributed by atoms with Crippen molar-refractivity contribution < 1.29 is 18.0 Å². The molecule has 0 aliphatic heterocycles. The highest BCUT2D eigenvalue weighted by Gasteiger charge is 2.31. The van der Waals surface area contributed by atoms with E-state index in [4.69, 9.17) is 0 Å². The van der Waals surface area contributed by atoms with Crippen molar-refractivity contribution in [2.75, 3.05) is 18.0 Å². The molecule has 0 aliphatic rings. The van der Waals surface area contributed by atoms with Gasteiger partial charge in [0.25, 0.3) is 0 Å².